The van der Waals surface area contributed by atoms with Gasteiger partial charge in [-0.2, -0.15) is 0 Å². The van der Waals surface area contributed by atoms with Gasteiger partial charge in [-0.05, 0) is 36.4 Å². The van der Waals surface area contributed by atoms with E-state index in [1.54, 1.807) is 11.3 Å². The zero-order valence-electron chi connectivity index (χ0n) is 14.8. The van der Waals surface area contributed by atoms with E-state index in [2.05, 4.69) is 39.3 Å². The number of amides is 1. The summed E-state index contributed by atoms with van der Waals surface area (Å²) < 4.78 is 0. The molecular weight excluding hydrogens is 332 g/mol. The smallest absolute Gasteiger partial charge is 0.222 e. The number of nitrogens with zero attached hydrogens (tertiary/aromatic N) is 1. The quantitative estimate of drug-likeness (QED) is 0.502. The molecule has 0 fully saturated rings. The van der Waals surface area contributed by atoms with Gasteiger partial charge < -0.3 is 16.0 Å². The van der Waals surface area contributed by atoms with E-state index in [1.807, 2.05) is 37.3 Å². The Kier molecular flexibility index (Phi) is 7.98. The summed E-state index contributed by atoms with van der Waals surface area (Å²) in [5, 5.41) is 11.4. The van der Waals surface area contributed by atoms with Gasteiger partial charge in [0.1, 0.15) is 0 Å². The third-order valence-electron chi connectivity index (χ3n) is 3.67. The Bertz CT molecular complexity index is 682. The number of aliphatic imine (C=N–C) groups is 1. The van der Waals surface area contributed by atoms with E-state index in [1.165, 1.54) is 10.4 Å². The van der Waals surface area contributed by atoms with Crippen LogP contribution in [0.5, 0.6) is 0 Å². The number of thiophene rings is 1. The molecule has 0 bridgehead atoms. The molecule has 1 heterocycles. The van der Waals surface area contributed by atoms with Crippen LogP contribution >= 0.6 is 11.3 Å². The van der Waals surface area contributed by atoms with Crippen LogP contribution in [0.25, 0.3) is 0 Å². The van der Waals surface area contributed by atoms with Gasteiger partial charge in [-0.15, -0.1) is 11.3 Å². The Morgan fingerprint density at radius 1 is 1.12 bits per heavy atom. The fraction of sp³-hybridized carbons (Fsp3) is 0.368. The lowest BCUT2D eigenvalue weighted by Gasteiger charge is -2.11. The minimum atomic E-state index is 0.0290. The molecule has 2 rings (SSSR count). The maximum Gasteiger partial charge on any atom is 0.222 e. The maximum absolute atomic E-state index is 11.9. The van der Waals surface area contributed by atoms with Crippen molar-refractivity contribution in [1.82, 2.24) is 16.0 Å². The lowest BCUT2D eigenvalue weighted by Crippen LogP contribution is -2.39. The number of carbonyl (C=O) groups excluding carboxylic acids is 1. The monoisotopic (exact) mass is 358 g/mol. The summed E-state index contributed by atoms with van der Waals surface area (Å²) >= 11 is 1.72. The molecule has 0 aliphatic heterocycles. The number of benzene rings is 1. The molecular formula is C19H26N4OS. The highest BCUT2D eigenvalue weighted by Gasteiger charge is 2.04. The second kappa shape index (κ2) is 10.5. The van der Waals surface area contributed by atoms with Gasteiger partial charge in [0.05, 0.1) is 6.54 Å². The highest BCUT2D eigenvalue weighted by Crippen LogP contribution is 2.16. The molecule has 1 aromatic heterocycles. The molecule has 0 atom stereocenters. The van der Waals surface area contributed by atoms with Crippen molar-refractivity contribution in [1.29, 1.82) is 0 Å². The van der Waals surface area contributed by atoms with Crippen LogP contribution in [-0.4, -0.2) is 25.0 Å². The standard InChI is InChI=1S/C19H26N4OS/c1-3-20-19(23-14-17-15(2)10-12-25-17)21-11-9-18(24)22-13-16-7-5-4-6-8-16/h4-8,10,12H,3,9,11,13-14H2,1-2H3,(H,22,24)(H2,20,21,23). The zero-order chi connectivity index (χ0) is 17.9. The van der Waals surface area contributed by atoms with Gasteiger partial charge in [0.15, 0.2) is 5.96 Å². The average molecular weight is 359 g/mol. The predicted octanol–water partition coefficient (Wildman–Crippen LogP) is 2.82. The molecule has 1 aromatic carbocycles. The average Bonchev–Trinajstić information content (AvgIpc) is 3.04. The number of carbonyl (C=O) groups is 1. The van der Waals surface area contributed by atoms with Crippen LogP contribution in [0, 0.1) is 6.92 Å². The van der Waals surface area contributed by atoms with Gasteiger partial charge in [0.25, 0.3) is 0 Å². The van der Waals surface area contributed by atoms with Crippen LogP contribution in [0.15, 0.2) is 46.8 Å². The molecule has 0 radical (unpaired) electrons. The molecule has 0 spiro atoms. The molecule has 0 unspecified atom stereocenters. The predicted molar refractivity (Wildman–Crippen MR) is 105 cm³/mol. The molecule has 1 amide bonds. The van der Waals surface area contributed by atoms with Gasteiger partial charge >= 0.3 is 0 Å². The summed E-state index contributed by atoms with van der Waals surface area (Å²) in [6.45, 7) is 6.68. The van der Waals surface area contributed by atoms with Gasteiger partial charge in [0, 0.05) is 30.9 Å². The van der Waals surface area contributed by atoms with Crippen molar-refractivity contribution in [3.05, 3.63) is 57.8 Å². The van der Waals surface area contributed by atoms with Crippen LogP contribution in [0.3, 0.4) is 0 Å². The summed E-state index contributed by atoms with van der Waals surface area (Å²) in [6.07, 6.45) is 0.412. The fourth-order valence-corrected chi connectivity index (χ4v) is 3.07. The lowest BCUT2D eigenvalue weighted by atomic mass is 10.2. The third kappa shape index (κ3) is 6.97. The number of nitrogens with one attached hydrogen (secondary N) is 3. The summed E-state index contributed by atoms with van der Waals surface area (Å²) in [4.78, 5) is 17.8. The Labute approximate surface area is 153 Å². The Balaban J connectivity index is 1.73. The molecule has 25 heavy (non-hydrogen) atoms. The highest BCUT2D eigenvalue weighted by molar-refractivity contribution is 7.10. The Morgan fingerprint density at radius 2 is 1.92 bits per heavy atom. The number of hydrogen-bond acceptors (Lipinski definition) is 3. The number of hydrogen-bond donors (Lipinski definition) is 3. The first-order chi connectivity index (χ1) is 12.2. The van der Waals surface area contributed by atoms with Crippen molar-refractivity contribution in [2.24, 2.45) is 4.99 Å². The molecule has 134 valence electrons. The van der Waals surface area contributed by atoms with Gasteiger partial charge in [0.2, 0.25) is 5.91 Å². The molecule has 0 aliphatic rings. The molecule has 0 saturated carbocycles. The summed E-state index contributed by atoms with van der Waals surface area (Å²) in [5.41, 5.74) is 2.37. The van der Waals surface area contributed by atoms with Crippen molar-refractivity contribution in [2.75, 3.05) is 13.1 Å². The molecule has 0 saturated heterocycles. The molecule has 2 aromatic rings. The summed E-state index contributed by atoms with van der Waals surface area (Å²) in [7, 11) is 0. The van der Waals surface area contributed by atoms with Crippen molar-refractivity contribution < 1.29 is 4.79 Å². The van der Waals surface area contributed by atoms with Crippen LogP contribution < -0.4 is 16.0 Å². The van der Waals surface area contributed by atoms with E-state index in [4.69, 9.17) is 0 Å². The number of guanidine groups is 1. The molecule has 0 aliphatic carbocycles. The van der Waals surface area contributed by atoms with Gasteiger partial charge in [-0.25, -0.2) is 4.99 Å². The van der Waals surface area contributed by atoms with Crippen LogP contribution in [0.4, 0.5) is 0 Å². The van der Waals surface area contributed by atoms with Crippen molar-refractivity contribution in [3.63, 3.8) is 0 Å². The van der Waals surface area contributed by atoms with Crippen LogP contribution in [0.1, 0.15) is 29.3 Å². The van der Waals surface area contributed by atoms with E-state index in [0.717, 1.165) is 18.1 Å². The Morgan fingerprint density at radius 3 is 2.60 bits per heavy atom. The zero-order valence-corrected chi connectivity index (χ0v) is 15.7. The van der Waals surface area contributed by atoms with Crippen molar-refractivity contribution in [3.8, 4) is 0 Å². The highest BCUT2D eigenvalue weighted by atomic mass is 32.1. The second-order valence-electron chi connectivity index (χ2n) is 5.66. The van der Waals surface area contributed by atoms with E-state index < -0.39 is 0 Å². The maximum atomic E-state index is 11.9. The first-order valence-corrected chi connectivity index (χ1v) is 9.42. The SMILES string of the molecule is CCNC(=NCc1sccc1C)NCCC(=O)NCc1ccccc1. The summed E-state index contributed by atoms with van der Waals surface area (Å²) in [6, 6.07) is 12.0. The first-order valence-electron chi connectivity index (χ1n) is 8.54. The first kappa shape index (κ1) is 19.0. The minimum absolute atomic E-state index is 0.0290. The molecule has 5 nitrogen and oxygen atoms in total. The van der Waals surface area contributed by atoms with Crippen molar-refractivity contribution >= 4 is 23.2 Å². The minimum Gasteiger partial charge on any atom is -0.357 e. The van der Waals surface area contributed by atoms with Crippen molar-refractivity contribution in [2.45, 2.75) is 33.4 Å². The second-order valence-corrected chi connectivity index (χ2v) is 6.66. The van der Waals surface area contributed by atoms with Gasteiger partial charge in [-0.1, -0.05) is 30.3 Å². The topological polar surface area (TPSA) is 65.5 Å². The molecule has 3 N–H and O–H groups in total. The fourth-order valence-electron chi connectivity index (χ4n) is 2.24. The van der Waals surface area contributed by atoms with Crippen LogP contribution in [-0.2, 0) is 17.9 Å². The van der Waals surface area contributed by atoms with E-state index in [0.29, 0.717) is 26.1 Å². The third-order valence-corrected chi connectivity index (χ3v) is 4.68. The summed E-state index contributed by atoms with van der Waals surface area (Å²) in [5.74, 6) is 0.771. The largest absolute Gasteiger partial charge is 0.357 e. The normalized spacial score (nSPS) is 11.2. The van der Waals surface area contributed by atoms with E-state index in [9.17, 15) is 4.79 Å². The molecule has 6 heteroatoms. The lowest BCUT2D eigenvalue weighted by molar-refractivity contribution is -0.121. The van der Waals surface area contributed by atoms with E-state index >= 15 is 0 Å². The number of aryl methyl sites for hydroxylation is 1. The number of rotatable bonds is 8. The Hall–Kier alpha value is -2.34. The van der Waals surface area contributed by atoms with Gasteiger partial charge in [-0.3, -0.25) is 4.79 Å². The van der Waals surface area contributed by atoms with Crippen LogP contribution in [0.2, 0.25) is 0 Å². The van der Waals surface area contributed by atoms with E-state index in [-0.39, 0.29) is 5.91 Å².